The van der Waals surface area contributed by atoms with Crippen molar-refractivity contribution in [2.24, 2.45) is 11.8 Å². The molecule has 116 valence electrons. The summed E-state index contributed by atoms with van der Waals surface area (Å²) in [6.45, 7) is 7.46. The van der Waals surface area contributed by atoms with E-state index in [1.807, 2.05) is 0 Å². The Morgan fingerprint density at radius 3 is 2.60 bits per heavy atom. The molecule has 2 atom stereocenters. The van der Waals surface area contributed by atoms with Gasteiger partial charge in [0.25, 0.3) is 0 Å². The summed E-state index contributed by atoms with van der Waals surface area (Å²) >= 11 is 0. The normalized spacial score (nSPS) is 26.8. The molecule has 0 radical (unpaired) electrons. The molecule has 1 N–H and O–H groups in total. The molecule has 0 spiro atoms. The molecule has 0 aromatic heterocycles. The number of carbonyl (C=O) groups is 1. The van der Waals surface area contributed by atoms with Gasteiger partial charge in [-0.05, 0) is 50.5 Å². The number of amides is 1. The minimum Gasteiger partial charge on any atom is -0.341 e. The zero-order valence-electron chi connectivity index (χ0n) is 13.4. The Labute approximate surface area is 124 Å². The zero-order valence-corrected chi connectivity index (χ0v) is 13.4. The molecule has 1 aliphatic carbocycles. The molecule has 3 heteroatoms. The van der Waals surface area contributed by atoms with Gasteiger partial charge in [0.15, 0.2) is 0 Å². The van der Waals surface area contributed by atoms with E-state index in [4.69, 9.17) is 0 Å². The molecule has 2 rings (SSSR count). The summed E-state index contributed by atoms with van der Waals surface area (Å²) in [6.07, 6.45) is 9.60. The van der Waals surface area contributed by atoms with Crippen molar-refractivity contribution in [2.45, 2.75) is 71.3 Å². The summed E-state index contributed by atoms with van der Waals surface area (Å²) in [7, 11) is 0. The first-order valence-corrected chi connectivity index (χ1v) is 8.74. The van der Waals surface area contributed by atoms with Crippen LogP contribution in [0.4, 0.5) is 0 Å². The van der Waals surface area contributed by atoms with Crippen molar-refractivity contribution >= 4 is 5.91 Å². The topological polar surface area (TPSA) is 32.3 Å². The van der Waals surface area contributed by atoms with Gasteiger partial charge in [0.05, 0.1) is 0 Å². The van der Waals surface area contributed by atoms with Crippen molar-refractivity contribution in [1.82, 2.24) is 10.2 Å². The van der Waals surface area contributed by atoms with Crippen LogP contribution in [-0.4, -0.2) is 36.5 Å². The van der Waals surface area contributed by atoms with Crippen LogP contribution in [0.3, 0.4) is 0 Å². The number of nitrogens with one attached hydrogen (secondary N) is 1. The smallest absolute Gasteiger partial charge is 0.222 e. The highest BCUT2D eigenvalue weighted by Crippen LogP contribution is 2.29. The van der Waals surface area contributed by atoms with Gasteiger partial charge < -0.3 is 10.2 Å². The average molecular weight is 280 g/mol. The van der Waals surface area contributed by atoms with Crippen LogP contribution in [0.1, 0.15) is 65.2 Å². The molecular formula is C17H32N2O. The number of hydrogen-bond acceptors (Lipinski definition) is 2. The fourth-order valence-corrected chi connectivity index (χ4v) is 3.28. The van der Waals surface area contributed by atoms with Crippen molar-refractivity contribution in [3.05, 3.63) is 0 Å². The first kappa shape index (κ1) is 15.8. The van der Waals surface area contributed by atoms with E-state index in [2.05, 4.69) is 24.1 Å². The van der Waals surface area contributed by atoms with Crippen LogP contribution in [0.5, 0.6) is 0 Å². The summed E-state index contributed by atoms with van der Waals surface area (Å²) in [5.74, 6) is 2.00. The number of rotatable bonds is 8. The van der Waals surface area contributed by atoms with Gasteiger partial charge >= 0.3 is 0 Å². The summed E-state index contributed by atoms with van der Waals surface area (Å²) < 4.78 is 0. The highest BCUT2D eigenvalue weighted by molar-refractivity contribution is 5.76. The molecule has 1 heterocycles. The van der Waals surface area contributed by atoms with Crippen molar-refractivity contribution in [3.63, 3.8) is 0 Å². The Morgan fingerprint density at radius 2 is 1.95 bits per heavy atom. The lowest BCUT2D eigenvalue weighted by Gasteiger charge is -2.38. The number of nitrogens with zero attached hydrogens (tertiary/aromatic N) is 1. The number of likely N-dealkylation sites (tertiary alicyclic amines) is 1. The monoisotopic (exact) mass is 280 g/mol. The number of hydrogen-bond donors (Lipinski definition) is 1. The van der Waals surface area contributed by atoms with Crippen molar-refractivity contribution in [3.8, 4) is 0 Å². The maximum Gasteiger partial charge on any atom is 0.222 e. The molecule has 1 saturated carbocycles. The standard InChI is InChI=1S/C17H32N2O/c1-3-5-7-15-10-16(18-11-14-8-9-14)13-19(12-15)17(20)6-4-2/h14-16,18H,3-13H2,1-2H3. The fourth-order valence-electron chi connectivity index (χ4n) is 3.28. The zero-order chi connectivity index (χ0) is 14.4. The SMILES string of the molecule is CCCCC1CC(NCC2CC2)CN(C(=O)CCC)C1. The van der Waals surface area contributed by atoms with E-state index in [0.717, 1.165) is 31.8 Å². The highest BCUT2D eigenvalue weighted by Gasteiger charge is 2.30. The lowest BCUT2D eigenvalue weighted by molar-refractivity contribution is -0.133. The van der Waals surface area contributed by atoms with Gasteiger partial charge in [-0.1, -0.05) is 26.7 Å². The molecule has 1 saturated heterocycles. The van der Waals surface area contributed by atoms with Crippen molar-refractivity contribution in [1.29, 1.82) is 0 Å². The second-order valence-corrected chi connectivity index (χ2v) is 6.84. The van der Waals surface area contributed by atoms with E-state index in [-0.39, 0.29) is 0 Å². The van der Waals surface area contributed by atoms with Gasteiger partial charge in [-0.25, -0.2) is 0 Å². The summed E-state index contributed by atoms with van der Waals surface area (Å²) in [4.78, 5) is 14.3. The van der Waals surface area contributed by atoms with E-state index in [9.17, 15) is 4.79 Å². The fraction of sp³-hybridized carbons (Fsp3) is 0.941. The number of piperidine rings is 1. The quantitative estimate of drug-likeness (QED) is 0.740. The lowest BCUT2D eigenvalue weighted by atomic mass is 9.89. The van der Waals surface area contributed by atoms with E-state index in [0.29, 0.717) is 17.9 Å². The largest absolute Gasteiger partial charge is 0.341 e. The summed E-state index contributed by atoms with van der Waals surface area (Å²) in [5, 5.41) is 3.72. The number of unbranched alkanes of at least 4 members (excludes halogenated alkanes) is 1. The molecule has 20 heavy (non-hydrogen) atoms. The van der Waals surface area contributed by atoms with Crippen LogP contribution in [0.2, 0.25) is 0 Å². The van der Waals surface area contributed by atoms with Gasteiger partial charge in [0.2, 0.25) is 5.91 Å². The molecule has 2 fully saturated rings. The van der Waals surface area contributed by atoms with Crippen LogP contribution in [-0.2, 0) is 4.79 Å². The number of carbonyl (C=O) groups excluding carboxylic acids is 1. The maximum atomic E-state index is 12.2. The molecular weight excluding hydrogens is 248 g/mol. The van der Waals surface area contributed by atoms with E-state index < -0.39 is 0 Å². The molecule has 2 aliphatic rings. The molecule has 1 aliphatic heterocycles. The molecule has 0 aromatic carbocycles. The van der Waals surface area contributed by atoms with Crippen LogP contribution < -0.4 is 5.32 Å². The van der Waals surface area contributed by atoms with Gasteiger partial charge in [0, 0.05) is 25.6 Å². The van der Waals surface area contributed by atoms with E-state index >= 15 is 0 Å². The second-order valence-electron chi connectivity index (χ2n) is 6.84. The molecule has 3 nitrogen and oxygen atoms in total. The second kappa shape index (κ2) is 8.02. The van der Waals surface area contributed by atoms with Crippen LogP contribution in [0.25, 0.3) is 0 Å². The average Bonchev–Trinajstić information content (AvgIpc) is 3.27. The van der Waals surface area contributed by atoms with Crippen molar-refractivity contribution < 1.29 is 4.79 Å². The van der Waals surface area contributed by atoms with Crippen molar-refractivity contribution in [2.75, 3.05) is 19.6 Å². The minimum atomic E-state index is 0.368. The van der Waals surface area contributed by atoms with E-state index in [1.165, 1.54) is 45.1 Å². The Kier molecular flexibility index (Phi) is 6.34. The summed E-state index contributed by atoms with van der Waals surface area (Å²) in [5.41, 5.74) is 0. The third kappa shape index (κ3) is 5.08. The van der Waals surface area contributed by atoms with Crippen LogP contribution >= 0.6 is 0 Å². The Balaban J connectivity index is 1.84. The van der Waals surface area contributed by atoms with Gasteiger partial charge in [-0.15, -0.1) is 0 Å². The molecule has 1 amide bonds. The molecule has 0 bridgehead atoms. The molecule has 2 unspecified atom stereocenters. The third-order valence-corrected chi connectivity index (χ3v) is 4.71. The van der Waals surface area contributed by atoms with Gasteiger partial charge in [-0.2, -0.15) is 0 Å². The first-order valence-electron chi connectivity index (χ1n) is 8.74. The lowest BCUT2D eigenvalue weighted by Crippen LogP contribution is -2.51. The van der Waals surface area contributed by atoms with Crippen LogP contribution in [0.15, 0.2) is 0 Å². The predicted molar refractivity (Wildman–Crippen MR) is 83.6 cm³/mol. The third-order valence-electron chi connectivity index (χ3n) is 4.71. The van der Waals surface area contributed by atoms with E-state index in [1.54, 1.807) is 0 Å². The minimum absolute atomic E-state index is 0.368. The highest BCUT2D eigenvalue weighted by atomic mass is 16.2. The molecule has 0 aromatic rings. The predicted octanol–water partition coefficient (Wildman–Crippen LogP) is 3.19. The Bertz CT molecular complexity index is 301. The first-order chi connectivity index (χ1) is 9.72. The summed E-state index contributed by atoms with van der Waals surface area (Å²) in [6, 6.07) is 0.534. The van der Waals surface area contributed by atoms with Gasteiger partial charge in [-0.3, -0.25) is 4.79 Å². The van der Waals surface area contributed by atoms with Crippen LogP contribution in [0, 0.1) is 11.8 Å². The Morgan fingerprint density at radius 1 is 1.15 bits per heavy atom. The van der Waals surface area contributed by atoms with Gasteiger partial charge in [0.1, 0.15) is 0 Å². The Hall–Kier alpha value is -0.570. The maximum absolute atomic E-state index is 12.2.